The predicted octanol–water partition coefficient (Wildman–Crippen LogP) is 1.88. The smallest absolute Gasteiger partial charge is 0.244 e. The van der Waals surface area contributed by atoms with Crippen LogP contribution < -0.4 is 16.0 Å². The lowest BCUT2D eigenvalue weighted by Gasteiger charge is -2.23. The van der Waals surface area contributed by atoms with Crippen molar-refractivity contribution in [3.05, 3.63) is 24.3 Å². The van der Waals surface area contributed by atoms with Gasteiger partial charge < -0.3 is 16.0 Å². The Bertz CT molecular complexity index is 579. The fourth-order valence-electron chi connectivity index (χ4n) is 2.81. The van der Waals surface area contributed by atoms with Gasteiger partial charge in [-0.1, -0.05) is 6.07 Å². The van der Waals surface area contributed by atoms with Crippen LogP contribution in [-0.4, -0.2) is 23.9 Å². The second kappa shape index (κ2) is 5.15. The van der Waals surface area contributed by atoms with Gasteiger partial charge in [0, 0.05) is 24.3 Å². The molecule has 1 aliphatic heterocycles. The van der Waals surface area contributed by atoms with Crippen LogP contribution in [0.15, 0.2) is 24.3 Å². The fourth-order valence-corrected chi connectivity index (χ4v) is 2.81. The molecule has 21 heavy (non-hydrogen) atoms. The molecule has 2 aliphatic rings. The van der Waals surface area contributed by atoms with E-state index in [1.54, 1.807) is 11.8 Å². The average Bonchev–Trinajstić information content (AvgIpc) is 3.22. The zero-order valence-corrected chi connectivity index (χ0v) is 12.3. The number of carbonyl (C=O) groups is 2. The largest absolute Gasteiger partial charge is 0.324 e. The Kier molecular flexibility index (Phi) is 3.45. The quantitative estimate of drug-likeness (QED) is 0.887. The van der Waals surface area contributed by atoms with Gasteiger partial charge in [-0.05, 0) is 50.3 Å². The van der Waals surface area contributed by atoms with Crippen LogP contribution in [0.4, 0.5) is 11.4 Å². The topological polar surface area (TPSA) is 75.4 Å². The zero-order chi connectivity index (χ0) is 15.0. The summed E-state index contributed by atoms with van der Waals surface area (Å²) in [6, 6.07) is 7.40. The monoisotopic (exact) mass is 287 g/mol. The van der Waals surface area contributed by atoms with Gasteiger partial charge in [0.15, 0.2) is 0 Å². The first kappa shape index (κ1) is 14.1. The Balaban J connectivity index is 1.74. The summed E-state index contributed by atoms with van der Waals surface area (Å²) in [5, 5.41) is 2.88. The molecule has 0 bridgehead atoms. The highest BCUT2D eigenvalue weighted by Crippen LogP contribution is 2.38. The molecule has 1 aromatic rings. The van der Waals surface area contributed by atoms with Gasteiger partial charge >= 0.3 is 0 Å². The molecule has 1 aliphatic carbocycles. The van der Waals surface area contributed by atoms with Crippen molar-refractivity contribution in [3.8, 4) is 0 Å². The van der Waals surface area contributed by atoms with E-state index in [4.69, 9.17) is 5.73 Å². The Morgan fingerprint density at radius 1 is 1.43 bits per heavy atom. The number of anilines is 2. The van der Waals surface area contributed by atoms with Crippen LogP contribution in [0.5, 0.6) is 0 Å². The van der Waals surface area contributed by atoms with Gasteiger partial charge in [-0.15, -0.1) is 0 Å². The lowest BCUT2D eigenvalue weighted by atomic mass is 9.96. The number of rotatable bonds is 4. The highest BCUT2D eigenvalue weighted by molar-refractivity contribution is 6.00. The van der Waals surface area contributed by atoms with E-state index in [1.807, 2.05) is 24.3 Å². The lowest BCUT2D eigenvalue weighted by molar-refractivity contribution is -0.121. The number of nitrogens with two attached hydrogens (primary N) is 1. The van der Waals surface area contributed by atoms with Crippen molar-refractivity contribution in [3.63, 3.8) is 0 Å². The van der Waals surface area contributed by atoms with Crippen LogP contribution in [-0.2, 0) is 9.59 Å². The van der Waals surface area contributed by atoms with Crippen molar-refractivity contribution in [2.75, 3.05) is 16.8 Å². The van der Waals surface area contributed by atoms with Gasteiger partial charge in [0.1, 0.15) is 0 Å². The first-order valence-corrected chi connectivity index (χ1v) is 7.49. The van der Waals surface area contributed by atoms with Crippen molar-refractivity contribution in [2.45, 2.75) is 38.1 Å². The summed E-state index contributed by atoms with van der Waals surface area (Å²) in [5.41, 5.74) is 6.82. The lowest BCUT2D eigenvalue weighted by Crippen LogP contribution is -2.50. The van der Waals surface area contributed by atoms with Crippen LogP contribution in [0.3, 0.4) is 0 Å². The number of hydrogen-bond donors (Lipinski definition) is 2. The van der Waals surface area contributed by atoms with Crippen LogP contribution in [0.1, 0.15) is 32.6 Å². The molecule has 0 aromatic heterocycles. The maximum absolute atomic E-state index is 12.3. The second-order valence-corrected chi connectivity index (χ2v) is 6.21. The Labute approximate surface area is 124 Å². The average molecular weight is 287 g/mol. The van der Waals surface area contributed by atoms with E-state index in [2.05, 4.69) is 5.32 Å². The standard InChI is InChI=1S/C16H21N3O2/c1-16(17,11-7-8-11)15(21)18-12-4-2-5-13(10-12)19-9-3-6-14(19)20/h2,4-5,10-11H,3,6-9,17H2,1H3,(H,18,21). The highest BCUT2D eigenvalue weighted by atomic mass is 16.2. The summed E-state index contributed by atoms with van der Waals surface area (Å²) in [6.45, 7) is 2.53. The summed E-state index contributed by atoms with van der Waals surface area (Å²) in [5.74, 6) is 0.260. The van der Waals surface area contributed by atoms with E-state index >= 15 is 0 Å². The minimum atomic E-state index is -0.820. The number of carbonyl (C=O) groups excluding carboxylic acids is 2. The van der Waals surface area contributed by atoms with Crippen LogP contribution in [0.25, 0.3) is 0 Å². The number of nitrogens with one attached hydrogen (secondary N) is 1. The molecule has 0 radical (unpaired) electrons. The molecule has 2 fully saturated rings. The molecule has 1 aromatic carbocycles. The zero-order valence-electron chi connectivity index (χ0n) is 12.3. The maximum atomic E-state index is 12.3. The molecule has 1 unspecified atom stereocenters. The minimum absolute atomic E-state index is 0.139. The molecule has 1 atom stereocenters. The molecule has 3 rings (SSSR count). The summed E-state index contributed by atoms with van der Waals surface area (Å²) in [6.07, 6.45) is 3.52. The van der Waals surface area contributed by atoms with Crippen molar-refractivity contribution in [1.82, 2.24) is 0 Å². The Morgan fingerprint density at radius 2 is 2.19 bits per heavy atom. The first-order valence-electron chi connectivity index (χ1n) is 7.49. The molecular formula is C16H21N3O2. The molecule has 2 amide bonds. The third kappa shape index (κ3) is 2.78. The SMILES string of the molecule is CC(N)(C(=O)Nc1cccc(N2CCCC2=O)c1)C1CC1. The first-order chi connectivity index (χ1) is 9.98. The third-order valence-corrected chi connectivity index (χ3v) is 4.40. The molecule has 1 saturated carbocycles. The van der Waals surface area contributed by atoms with Crippen molar-refractivity contribution in [1.29, 1.82) is 0 Å². The predicted molar refractivity (Wildman–Crippen MR) is 82.0 cm³/mol. The van der Waals surface area contributed by atoms with E-state index < -0.39 is 5.54 Å². The third-order valence-electron chi connectivity index (χ3n) is 4.40. The van der Waals surface area contributed by atoms with E-state index in [0.717, 1.165) is 31.5 Å². The van der Waals surface area contributed by atoms with Crippen LogP contribution in [0, 0.1) is 5.92 Å². The van der Waals surface area contributed by atoms with Gasteiger partial charge in [-0.3, -0.25) is 9.59 Å². The fraction of sp³-hybridized carbons (Fsp3) is 0.500. The minimum Gasteiger partial charge on any atom is -0.324 e. The summed E-state index contributed by atoms with van der Waals surface area (Å²) < 4.78 is 0. The number of amides is 2. The van der Waals surface area contributed by atoms with E-state index in [-0.39, 0.29) is 17.7 Å². The second-order valence-electron chi connectivity index (χ2n) is 6.21. The molecule has 5 heteroatoms. The van der Waals surface area contributed by atoms with Crippen molar-refractivity contribution in [2.24, 2.45) is 11.7 Å². The Hall–Kier alpha value is -1.88. The molecule has 5 nitrogen and oxygen atoms in total. The van der Waals surface area contributed by atoms with E-state index in [9.17, 15) is 9.59 Å². The molecule has 1 heterocycles. The van der Waals surface area contributed by atoms with Crippen molar-refractivity contribution >= 4 is 23.2 Å². The maximum Gasteiger partial charge on any atom is 0.244 e. The van der Waals surface area contributed by atoms with Crippen LogP contribution in [0.2, 0.25) is 0 Å². The number of benzene rings is 1. The van der Waals surface area contributed by atoms with Crippen LogP contribution >= 0.6 is 0 Å². The number of hydrogen-bond acceptors (Lipinski definition) is 3. The molecule has 0 spiro atoms. The summed E-state index contributed by atoms with van der Waals surface area (Å²) >= 11 is 0. The van der Waals surface area contributed by atoms with E-state index in [0.29, 0.717) is 12.1 Å². The van der Waals surface area contributed by atoms with Gasteiger partial charge in [-0.25, -0.2) is 0 Å². The van der Waals surface area contributed by atoms with E-state index in [1.165, 1.54) is 0 Å². The van der Waals surface area contributed by atoms with Gasteiger partial charge in [0.05, 0.1) is 5.54 Å². The molecule has 1 saturated heterocycles. The highest BCUT2D eigenvalue weighted by Gasteiger charge is 2.44. The normalized spacial score (nSPS) is 21.2. The molecule has 3 N–H and O–H groups in total. The molecular weight excluding hydrogens is 266 g/mol. The van der Waals surface area contributed by atoms with Gasteiger partial charge in [0.25, 0.3) is 0 Å². The van der Waals surface area contributed by atoms with Gasteiger partial charge in [-0.2, -0.15) is 0 Å². The number of nitrogens with zero attached hydrogens (tertiary/aromatic N) is 1. The van der Waals surface area contributed by atoms with Gasteiger partial charge in [0.2, 0.25) is 11.8 Å². The Morgan fingerprint density at radius 3 is 2.81 bits per heavy atom. The molecule has 112 valence electrons. The van der Waals surface area contributed by atoms with Crippen molar-refractivity contribution < 1.29 is 9.59 Å². The summed E-state index contributed by atoms with van der Waals surface area (Å²) in [7, 11) is 0. The summed E-state index contributed by atoms with van der Waals surface area (Å²) in [4.78, 5) is 25.8.